The minimum absolute atomic E-state index is 0.0257. The number of piperidine rings is 1. The van der Waals surface area contributed by atoms with Gasteiger partial charge in [-0.05, 0) is 93.6 Å². The molecule has 0 radical (unpaired) electrons. The van der Waals surface area contributed by atoms with Crippen LogP contribution in [0.25, 0.3) is 11.0 Å². The van der Waals surface area contributed by atoms with E-state index in [1.807, 2.05) is 43.0 Å². The number of rotatable bonds is 13. The third kappa shape index (κ3) is 7.15. The van der Waals surface area contributed by atoms with Crippen molar-refractivity contribution < 1.29 is 23.4 Å². The summed E-state index contributed by atoms with van der Waals surface area (Å²) in [6.07, 6.45) is 3.74. The van der Waals surface area contributed by atoms with Gasteiger partial charge < -0.3 is 33.9 Å². The van der Waals surface area contributed by atoms with Crippen molar-refractivity contribution >= 4 is 22.9 Å². The predicted octanol–water partition coefficient (Wildman–Crippen LogP) is 6.29. The number of benzene rings is 3. The van der Waals surface area contributed by atoms with E-state index in [2.05, 4.69) is 33.0 Å². The van der Waals surface area contributed by atoms with E-state index in [0.29, 0.717) is 49.4 Å². The van der Waals surface area contributed by atoms with Crippen LogP contribution in [0.5, 0.6) is 11.5 Å². The highest BCUT2D eigenvalue weighted by atomic mass is 19.1. The number of ether oxygens (including phenoxy) is 3. The number of aryl methyl sites for hydroxylation is 1. The Bertz CT molecular complexity index is 1700. The molecule has 1 unspecified atom stereocenters. The lowest BCUT2D eigenvalue weighted by atomic mass is 9.76. The molecule has 2 aliphatic rings. The van der Waals surface area contributed by atoms with Crippen LogP contribution in [0.3, 0.4) is 0 Å². The van der Waals surface area contributed by atoms with E-state index in [-0.39, 0.29) is 17.1 Å². The van der Waals surface area contributed by atoms with Crippen molar-refractivity contribution in [2.45, 2.75) is 57.5 Å². The number of hydrogen-bond donors (Lipinski definition) is 1. The first-order valence-corrected chi connectivity index (χ1v) is 17.1. The molecule has 2 fully saturated rings. The number of halogens is 1. The quantitative estimate of drug-likeness (QED) is 0.169. The molecule has 3 aromatic carbocycles. The number of fused-ring (bicyclic) bond motifs is 1. The van der Waals surface area contributed by atoms with Crippen molar-refractivity contribution in [3.05, 3.63) is 83.2 Å². The lowest BCUT2D eigenvalue weighted by Gasteiger charge is -2.36. The molecule has 3 heterocycles. The fourth-order valence-corrected chi connectivity index (χ4v) is 7.46. The first kappa shape index (κ1) is 33.7. The van der Waals surface area contributed by atoms with E-state index in [1.165, 1.54) is 12.1 Å². The number of carbonyl (C=O) groups is 1. The van der Waals surface area contributed by atoms with Gasteiger partial charge in [0.05, 0.1) is 31.9 Å². The van der Waals surface area contributed by atoms with Gasteiger partial charge in [0.1, 0.15) is 5.82 Å². The Hall–Kier alpha value is -4.15. The molecule has 0 bridgehead atoms. The fourth-order valence-electron chi connectivity index (χ4n) is 7.46. The minimum atomic E-state index is -0.254. The number of hydrogen-bond acceptors (Lipinski definition) is 7. The summed E-state index contributed by atoms with van der Waals surface area (Å²) in [5.41, 5.74) is 4.38. The van der Waals surface area contributed by atoms with Crippen molar-refractivity contribution in [3.8, 4) is 11.5 Å². The second-order valence-corrected chi connectivity index (χ2v) is 13.1. The Balaban J connectivity index is 1.11. The third-order valence-electron chi connectivity index (χ3n) is 10.2. The number of carbonyl (C=O) groups excluding carboxylic acids is 1. The van der Waals surface area contributed by atoms with Crippen LogP contribution in [-0.2, 0) is 16.7 Å². The molecule has 2 saturated heterocycles. The molecular weight excluding hydrogens is 609 g/mol. The van der Waals surface area contributed by atoms with Crippen LogP contribution in [0.4, 0.5) is 10.3 Å². The molecule has 4 aromatic rings. The van der Waals surface area contributed by atoms with Gasteiger partial charge in [0, 0.05) is 56.4 Å². The average molecular weight is 658 g/mol. The fraction of sp³-hybridized carbons (Fsp3) is 0.474. The number of likely N-dealkylation sites (tertiary alicyclic amines) is 2. The van der Waals surface area contributed by atoms with Crippen LogP contribution in [0, 0.1) is 12.7 Å². The predicted molar refractivity (Wildman–Crippen MR) is 187 cm³/mol. The Morgan fingerprint density at radius 1 is 1.02 bits per heavy atom. The smallest absolute Gasteiger partial charge is 0.254 e. The van der Waals surface area contributed by atoms with E-state index in [9.17, 15) is 9.18 Å². The van der Waals surface area contributed by atoms with E-state index < -0.39 is 0 Å². The van der Waals surface area contributed by atoms with Gasteiger partial charge in [-0.1, -0.05) is 24.3 Å². The maximum Gasteiger partial charge on any atom is 0.254 e. The van der Waals surface area contributed by atoms with Crippen LogP contribution in [0.2, 0.25) is 0 Å². The van der Waals surface area contributed by atoms with Gasteiger partial charge in [-0.25, -0.2) is 9.37 Å². The maximum atomic E-state index is 14.0. The molecule has 10 heteroatoms. The first-order valence-electron chi connectivity index (χ1n) is 17.1. The van der Waals surface area contributed by atoms with Gasteiger partial charge in [-0.15, -0.1) is 0 Å². The monoisotopic (exact) mass is 657 g/mol. The van der Waals surface area contributed by atoms with Gasteiger partial charge in [-0.2, -0.15) is 0 Å². The third-order valence-corrected chi connectivity index (χ3v) is 10.2. The molecule has 48 heavy (non-hydrogen) atoms. The highest BCUT2D eigenvalue weighted by Gasteiger charge is 2.42. The summed E-state index contributed by atoms with van der Waals surface area (Å²) in [5.74, 6) is 1.81. The van der Waals surface area contributed by atoms with Crippen molar-refractivity contribution in [1.82, 2.24) is 19.4 Å². The van der Waals surface area contributed by atoms with Crippen LogP contribution in [-0.4, -0.2) is 91.5 Å². The standard InChI is InChI=1S/C38H48FN5O4/c1-5-48-23-22-44-33-9-7-6-8-32(33)41-37(44)40-31-14-18-42(19-15-31)20-16-38(29-10-12-30(39)13-11-29)17-21-43(26-38)36(45)28-24-27(2)35(47-4)34(25-28)46-3/h6-13,24-25,31H,5,14-23,26H2,1-4H3,(H,40,41). The molecule has 6 rings (SSSR count). The Labute approximate surface area is 283 Å². The SMILES string of the molecule is CCOCCn1c(NC2CCN(CCC3(c4ccc(F)cc4)CCN(C(=O)c4cc(C)c(OC)c(OC)c4)C3)CC2)nc2ccccc21. The Morgan fingerprint density at radius 2 is 1.79 bits per heavy atom. The molecular formula is C38H48FN5O4. The number of amides is 1. The number of para-hydroxylation sites is 2. The summed E-state index contributed by atoms with van der Waals surface area (Å²) in [4.78, 5) is 23.2. The molecule has 1 aromatic heterocycles. The lowest BCUT2D eigenvalue weighted by molar-refractivity contribution is 0.0779. The molecule has 1 N–H and O–H groups in total. The van der Waals surface area contributed by atoms with Gasteiger partial charge >= 0.3 is 0 Å². The van der Waals surface area contributed by atoms with Crippen LogP contribution >= 0.6 is 0 Å². The summed E-state index contributed by atoms with van der Waals surface area (Å²) < 4.78 is 32.9. The second kappa shape index (κ2) is 15.0. The Kier molecular flexibility index (Phi) is 10.5. The normalized spacial score (nSPS) is 18.8. The highest BCUT2D eigenvalue weighted by Crippen LogP contribution is 2.40. The van der Waals surface area contributed by atoms with Gasteiger partial charge in [0.15, 0.2) is 11.5 Å². The minimum Gasteiger partial charge on any atom is -0.493 e. The van der Waals surface area contributed by atoms with Gasteiger partial charge in [-0.3, -0.25) is 4.79 Å². The van der Waals surface area contributed by atoms with Crippen LogP contribution < -0.4 is 14.8 Å². The second-order valence-electron chi connectivity index (χ2n) is 13.1. The number of nitrogens with one attached hydrogen (secondary N) is 1. The van der Waals surface area contributed by atoms with Gasteiger partial charge in [0.25, 0.3) is 5.91 Å². The first-order chi connectivity index (χ1) is 23.3. The Morgan fingerprint density at radius 3 is 2.52 bits per heavy atom. The summed E-state index contributed by atoms with van der Waals surface area (Å²) in [6, 6.07) is 19.1. The molecule has 0 saturated carbocycles. The van der Waals surface area contributed by atoms with Crippen molar-refractivity contribution in [2.75, 3.05) is 65.5 Å². The average Bonchev–Trinajstić information content (AvgIpc) is 3.70. The summed E-state index contributed by atoms with van der Waals surface area (Å²) in [5, 5.41) is 3.75. The van der Waals surface area contributed by atoms with Crippen molar-refractivity contribution in [2.24, 2.45) is 0 Å². The number of aromatic nitrogens is 2. The summed E-state index contributed by atoms with van der Waals surface area (Å²) in [6.45, 7) is 10.1. The van der Waals surface area contributed by atoms with Crippen molar-refractivity contribution in [1.29, 1.82) is 0 Å². The van der Waals surface area contributed by atoms with E-state index in [0.717, 1.165) is 80.0 Å². The zero-order valence-electron chi connectivity index (χ0n) is 28.6. The maximum absolute atomic E-state index is 14.0. The topological polar surface area (TPSA) is 81.1 Å². The lowest BCUT2D eigenvalue weighted by Crippen LogP contribution is -2.42. The van der Waals surface area contributed by atoms with E-state index >= 15 is 0 Å². The largest absolute Gasteiger partial charge is 0.493 e. The van der Waals surface area contributed by atoms with Crippen molar-refractivity contribution in [3.63, 3.8) is 0 Å². The summed E-state index contributed by atoms with van der Waals surface area (Å²) in [7, 11) is 3.19. The zero-order chi connectivity index (χ0) is 33.7. The molecule has 1 amide bonds. The zero-order valence-corrected chi connectivity index (χ0v) is 28.6. The van der Waals surface area contributed by atoms with Gasteiger partial charge in [0.2, 0.25) is 5.95 Å². The highest BCUT2D eigenvalue weighted by molar-refractivity contribution is 5.95. The number of anilines is 1. The molecule has 256 valence electrons. The van der Waals surface area contributed by atoms with Crippen LogP contribution in [0.15, 0.2) is 60.7 Å². The molecule has 9 nitrogen and oxygen atoms in total. The van der Waals surface area contributed by atoms with E-state index in [1.54, 1.807) is 20.3 Å². The molecule has 0 aliphatic carbocycles. The number of nitrogens with zero attached hydrogens (tertiary/aromatic N) is 4. The number of methoxy groups -OCH3 is 2. The summed E-state index contributed by atoms with van der Waals surface area (Å²) >= 11 is 0. The molecule has 0 spiro atoms. The van der Waals surface area contributed by atoms with Crippen LogP contribution in [0.1, 0.15) is 54.1 Å². The number of imidazole rings is 1. The molecule has 2 aliphatic heterocycles. The van der Waals surface area contributed by atoms with E-state index in [4.69, 9.17) is 19.2 Å². The molecule has 1 atom stereocenters.